The van der Waals surface area contributed by atoms with Gasteiger partial charge in [-0.2, -0.15) is 13.2 Å². The van der Waals surface area contributed by atoms with Crippen LogP contribution in [0.25, 0.3) is 0 Å². The minimum atomic E-state index is -5.62. The molecule has 0 unspecified atom stereocenters. The van der Waals surface area contributed by atoms with Gasteiger partial charge in [0.1, 0.15) is 0 Å². The smallest absolute Gasteiger partial charge is 0.428 e. The molecule has 0 bridgehead atoms. The molecule has 0 aromatic heterocycles. The molecule has 0 heterocycles. The summed E-state index contributed by atoms with van der Waals surface area (Å²) in [6, 6.07) is 0. The van der Waals surface area contributed by atoms with E-state index >= 15 is 0 Å². The highest BCUT2D eigenvalue weighted by Crippen LogP contribution is 2.35. The molecule has 0 aliphatic heterocycles. The zero-order valence-electron chi connectivity index (χ0n) is 5.98. The lowest BCUT2D eigenvalue weighted by molar-refractivity contribution is -0.268. The standard InChI is InChI=1S/C5H5F5O3/c6-2(7)1-4(13,3(11)12)5(8,9)10/h2,13H,1H2,(H,11,12)/t4-/m0/s1. The van der Waals surface area contributed by atoms with E-state index in [4.69, 9.17) is 10.2 Å². The summed E-state index contributed by atoms with van der Waals surface area (Å²) in [7, 11) is 0. The van der Waals surface area contributed by atoms with Crippen molar-refractivity contribution in [2.75, 3.05) is 0 Å². The maximum Gasteiger partial charge on any atom is 0.428 e. The van der Waals surface area contributed by atoms with Crippen molar-refractivity contribution < 1.29 is 37.0 Å². The third kappa shape index (κ3) is 2.51. The number of hydrogen-bond donors (Lipinski definition) is 2. The van der Waals surface area contributed by atoms with Crippen LogP contribution in [-0.2, 0) is 4.79 Å². The number of halogens is 5. The van der Waals surface area contributed by atoms with Gasteiger partial charge in [-0.1, -0.05) is 0 Å². The van der Waals surface area contributed by atoms with E-state index in [9.17, 15) is 26.7 Å². The summed E-state index contributed by atoms with van der Waals surface area (Å²) in [6.45, 7) is 0. The SMILES string of the molecule is O=C(O)[C@@](O)(CC(F)F)C(F)(F)F. The Labute approximate surface area is 68.8 Å². The lowest BCUT2D eigenvalue weighted by Gasteiger charge is -2.25. The van der Waals surface area contributed by atoms with Crippen LogP contribution in [-0.4, -0.2) is 34.4 Å². The summed E-state index contributed by atoms with van der Waals surface area (Å²) >= 11 is 0. The second-order valence-electron chi connectivity index (χ2n) is 2.26. The molecule has 0 saturated heterocycles. The maximum absolute atomic E-state index is 11.8. The Morgan fingerprint density at radius 2 is 1.69 bits per heavy atom. The summed E-state index contributed by atoms with van der Waals surface area (Å²) < 4.78 is 58.2. The first kappa shape index (κ1) is 12.1. The van der Waals surface area contributed by atoms with Gasteiger partial charge in [0.25, 0.3) is 5.60 Å². The zero-order chi connectivity index (χ0) is 10.9. The average Bonchev–Trinajstić information content (AvgIpc) is 1.82. The fourth-order valence-corrected chi connectivity index (χ4v) is 0.548. The molecule has 0 fully saturated rings. The van der Waals surface area contributed by atoms with Crippen LogP contribution < -0.4 is 0 Å². The molecule has 2 N–H and O–H groups in total. The van der Waals surface area contributed by atoms with Gasteiger partial charge < -0.3 is 10.2 Å². The van der Waals surface area contributed by atoms with Crippen molar-refractivity contribution in [2.24, 2.45) is 0 Å². The Hall–Kier alpha value is -0.920. The fraction of sp³-hybridized carbons (Fsp3) is 0.800. The van der Waals surface area contributed by atoms with E-state index in [1.54, 1.807) is 0 Å². The van der Waals surface area contributed by atoms with Gasteiger partial charge in [0.05, 0.1) is 6.42 Å². The first-order chi connectivity index (χ1) is 5.61. The van der Waals surface area contributed by atoms with E-state index < -0.39 is 30.6 Å². The van der Waals surface area contributed by atoms with E-state index in [0.29, 0.717) is 0 Å². The van der Waals surface area contributed by atoms with Gasteiger partial charge in [-0.25, -0.2) is 13.6 Å². The molecule has 0 radical (unpaired) electrons. The Morgan fingerprint density at radius 1 is 1.31 bits per heavy atom. The molecule has 1 atom stereocenters. The second kappa shape index (κ2) is 3.44. The van der Waals surface area contributed by atoms with E-state index in [1.807, 2.05) is 0 Å². The number of carboxylic acids is 1. The van der Waals surface area contributed by atoms with Gasteiger partial charge in [0.15, 0.2) is 0 Å². The number of alkyl halides is 5. The van der Waals surface area contributed by atoms with Gasteiger partial charge in [0, 0.05) is 0 Å². The third-order valence-electron chi connectivity index (χ3n) is 1.27. The molecule has 0 aromatic carbocycles. The van der Waals surface area contributed by atoms with Crippen molar-refractivity contribution in [2.45, 2.75) is 24.6 Å². The quantitative estimate of drug-likeness (QED) is 0.680. The van der Waals surface area contributed by atoms with Gasteiger partial charge in [0.2, 0.25) is 6.43 Å². The lowest BCUT2D eigenvalue weighted by atomic mass is 10.00. The van der Waals surface area contributed by atoms with Crippen molar-refractivity contribution >= 4 is 5.97 Å². The van der Waals surface area contributed by atoms with Crippen molar-refractivity contribution in [1.29, 1.82) is 0 Å². The molecule has 0 aromatic rings. The number of hydrogen-bond acceptors (Lipinski definition) is 2. The summed E-state index contributed by atoms with van der Waals surface area (Å²) in [6.07, 6.45) is -11.3. The molecule has 3 nitrogen and oxygen atoms in total. The number of carbonyl (C=O) groups is 1. The summed E-state index contributed by atoms with van der Waals surface area (Å²) in [4.78, 5) is 9.90. The van der Waals surface area contributed by atoms with E-state index in [-0.39, 0.29) is 0 Å². The third-order valence-corrected chi connectivity index (χ3v) is 1.27. The van der Waals surface area contributed by atoms with Gasteiger partial charge in [-0.15, -0.1) is 0 Å². The Balaban J connectivity index is 4.85. The summed E-state index contributed by atoms with van der Waals surface area (Å²) in [5.41, 5.74) is -4.37. The van der Waals surface area contributed by atoms with E-state index in [2.05, 4.69) is 0 Å². The van der Waals surface area contributed by atoms with Crippen LogP contribution in [0.15, 0.2) is 0 Å². The fourth-order valence-electron chi connectivity index (χ4n) is 0.548. The molecule has 8 heteroatoms. The number of carboxylic acid groups (broad SMARTS) is 1. The first-order valence-electron chi connectivity index (χ1n) is 2.92. The van der Waals surface area contributed by atoms with Crippen molar-refractivity contribution in [3.8, 4) is 0 Å². The van der Waals surface area contributed by atoms with Crippen LogP contribution in [0.5, 0.6) is 0 Å². The van der Waals surface area contributed by atoms with E-state index in [0.717, 1.165) is 0 Å². The number of rotatable bonds is 3. The van der Waals surface area contributed by atoms with Crippen LogP contribution in [0.2, 0.25) is 0 Å². The Morgan fingerprint density at radius 3 is 1.77 bits per heavy atom. The zero-order valence-corrected chi connectivity index (χ0v) is 5.98. The normalized spacial score (nSPS) is 17.2. The first-order valence-corrected chi connectivity index (χ1v) is 2.92. The highest BCUT2D eigenvalue weighted by atomic mass is 19.4. The van der Waals surface area contributed by atoms with Gasteiger partial charge >= 0.3 is 12.1 Å². The number of aliphatic hydroxyl groups is 1. The van der Waals surface area contributed by atoms with Gasteiger partial charge in [-0.3, -0.25) is 0 Å². The predicted molar refractivity (Wildman–Crippen MR) is 29.3 cm³/mol. The van der Waals surface area contributed by atoms with Crippen molar-refractivity contribution in [1.82, 2.24) is 0 Å². The largest absolute Gasteiger partial charge is 0.479 e. The maximum atomic E-state index is 11.8. The molecular weight excluding hydrogens is 203 g/mol. The van der Waals surface area contributed by atoms with Crippen LogP contribution in [0.4, 0.5) is 22.0 Å². The Kier molecular flexibility index (Phi) is 3.20. The second-order valence-corrected chi connectivity index (χ2v) is 2.26. The molecule has 78 valence electrons. The van der Waals surface area contributed by atoms with Gasteiger partial charge in [-0.05, 0) is 0 Å². The minimum Gasteiger partial charge on any atom is -0.479 e. The highest BCUT2D eigenvalue weighted by molar-refractivity contribution is 5.78. The Bertz CT molecular complexity index is 201. The van der Waals surface area contributed by atoms with Crippen LogP contribution in [0, 0.1) is 0 Å². The predicted octanol–water partition coefficient (Wildman–Crippen LogP) is 1.02. The molecule has 0 rings (SSSR count). The average molecular weight is 208 g/mol. The lowest BCUT2D eigenvalue weighted by Crippen LogP contribution is -2.53. The molecule has 13 heavy (non-hydrogen) atoms. The molecule has 0 aliphatic carbocycles. The monoisotopic (exact) mass is 208 g/mol. The molecule has 0 amide bonds. The molecular formula is C5H5F5O3. The topological polar surface area (TPSA) is 57.5 Å². The highest BCUT2D eigenvalue weighted by Gasteiger charge is 2.61. The van der Waals surface area contributed by atoms with Crippen LogP contribution in [0.1, 0.15) is 6.42 Å². The van der Waals surface area contributed by atoms with Crippen molar-refractivity contribution in [3.05, 3.63) is 0 Å². The summed E-state index contributed by atoms with van der Waals surface area (Å²) in [5.74, 6) is -2.74. The molecule has 0 saturated carbocycles. The van der Waals surface area contributed by atoms with Crippen molar-refractivity contribution in [3.63, 3.8) is 0 Å². The van der Waals surface area contributed by atoms with E-state index in [1.165, 1.54) is 0 Å². The molecule has 0 spiro atoms. The van der Waals surface area contributed by atoms with Crippen LogP contribution >= 0.6 is 0 Å². The molecule has 0 aliphatic rings. The summed E-state index contributed by atoms with van der Waals surface area (Å²) in [5, 5.41) is 16.3. The minimum absolute atomic E-state index is 2.17. The van der Waals surface area contributed by atoms with Crippen LogP contribution in [0.3, 0.4) is 0 Å². The number of aliphatic carboxylic acids is 1.